The maximum atomic E-state index is 12.2. The zero-order valence-corrected chi connectivity index (χ0v) is 14.0. The Balaban J connectivity index is 2.02. The number of non-ortho nitro benzene ring substituents is 1. The SMILES string of the molecule is CC(C)N(C)c1cccc(NC(=O)Cc2ccc([N+](=O)[O-])cc2)c1. The summed E-state index contributed by atoms with van der Waals surface area (Å²) in [6.07, 6.45) is 0.169. The highest BCUT2D eigenvalue weighted by atomic mass is 16.6. The molecule has 0 unspecified atom stereocenters. The van der Waals surface area contributed by atoms with Gasteiger partial charge >= 0.3 is 0 Å². The third kappa shape index (κ3) is 4.55. The van der Waals surface area contributed by atoms with Gasteiger partial charge in [-0.2, -0.15) is 0 Å². The van der Waals surface area contributed by atoms with Gasteiger partial charge in [0.15, 0.2) is 0 Å². The average Bonchev–Trinajstić information content (AvgIpc) is 2.54. The first-order valence-electron chi connectivity index (χ1n) is 7.73. The summed E-state index contributed by atoms with van der Waals surface area (Å²) in [5.74, 6) is -0.159. The monoisotopic (exact) mass is 327 g/mol. The average molecular weight is 327 g/mol. The summed E-state index contributed by atoms with van der Waals surface area (Å²) in [7, 11) is 2.00. The predicted molar refractivity (Wildman–Crippen MR) is 95.4 cm³/mol. The molecule has 6 heteroatoms. The van der Waals surface area contributed by atoms with Gasteiger partial charge in [-0.1, -0.05) is 18.2 Å². The van der Waals surface area contributed by atoms with E-state index in [1.54, 1.807) is 12.1 Å². The number of rotatable bonds is 6. The summed E-state index contributed by atoms with van der Waals surface area (Å²) in [5.41, 5.74) is 2.50. The molecule has 0 aliphatic heterocycles. The summed E-state index contributed by atoms with van der Waals surface area (Å²) in [5, 5.41) is 13.5. The summed E-state index contributed by atoms with van der Waals surface area (Å²) in [6, 6.07) is 14.0. The number of anilines is 2. The van der Waals surface area contributed by atoms with Gasteiger partial charge in [-0.15, -0.1) is 0 Å². The second kappa shape index (κ2) is 7.59. The van der Waals surface area contributed by atoms with Gasteiger partial charge in [-0.05, 0) is 37.6 Å². The van der Waals surface area contributed by atoms with E-state index in [2.05, 4.69) is 24.1 Å². The second-order valence-corrected chi connectivity index (χ2v) is 5.90. The Bertz CT molecular complexity index is 727. The molecule has 0 aliphatic rings. The van der Waals surface area contributed by atoms with E-state index in [-0.39, 0.29) is 18.0 Å². The molecular weight excluding hydrogens is 306 g/mol. The molecule has 0 fully saturated rings. The molecule has 6 nitrogen and oxygen atoms in total. The van der Waals surface area contributed by atoms with Gasteiger partial charge in [-0.25, -0.2) is 0 Å². The molecule has 0 saturated carbocycles. The number of nitrogens with one attached hydrogen (secondary N) is 1. The van der Waals surface area contributed by atoms with Crippen molar-refractivity contribution in [3.8, 4) is 0 Å². The third-order valence-corrected chi connectivity index (χ3v) is 3.82. The predicted octanol–water partition coefficient (Wildman–Crippen LogP) is 3.62. The quantitative estimate of drug-likeness (QED) is 0.649. The van der Waals surface area contributed by atoms with Crippen molar-refractivity contribution in [3.63, 3.8) is 0 Å². The highest BCUT2D eigenvalue weighted by molar-refractivity contribution is 5.92. The summed E-state index contributed by atoms with van der Waals surface area (Å²) >= 11 is 0. The molecule has 1 amide bonds. The second-order valence-electron chi connectivity index (χ2n) is 5.90. The number of benzene rings is 2. The standard InChI is InChI=1S/C18H21N3O3/c1-13(2)20(3)17-6-4-5-15(12-17)19-18(22)11-14-7-9-16(10-8-14)21(23)24/h4-10,12-13H,11H2,1-3H3,(H,19,22). The van der Waals surface area contributed by atoms with Crippen molar-refractivity contribution >= 4 is 23.0 Å². The first-order chi connectivity index (χ1) is 11.4. The lowest BCUT2D eigenvalue weighted by atomic mass is 10.1. The molecule has 2 rings (SSSR count). The van der Waals surface area contributed by atoms with Crippen LogP contribution >= 0.6 is 0 Å². The van der Waals surface area contributed by atoms with Crippen LogP contribution in [0.15, 0.2) is 48.5 Å². The third-order valence-electron chi connectivity index (χ3n) is 3.82. The number of nitro groups is 1. The van der Waals surface area contributed by atoms with Crippen LogP contribution < -0.4 is 10.2 Å². The normalized spacial score (nSPS) is 10.5. The lowest BCUT2D eigenvalue weighted by Crippen LogP contribution is -2.25. The Morgan fingerprint density at radius 1 is 1.21 bits per heavy atom. The van der Waals surface area contributed by atoms with Crippen LogP contribution in [0.4, 0.5) is 17.1 Å². The minimum Gasteiger partial charge on any atom is -0.372 e. The van der Waals surface area contributed by atoms with E-state index >= 15 is 0 Å². The smallest absolute Gasteiger partial charge is 0.269 e. The van der Waals surface area contributed by atoms with Crippen molar-refractivity contribution in [3.05, 3.63) is 64.2 Å². The van der Waals surface area contributed by atoms with Crippen LogP contribution in [-0.4, -0.2) is 23.9 Å². The Hall–Kier alpha value is -2.89. The molecule has 0 saturated heterocycles. The molecule has 0 atom stereocenters. The summed E-state index contributed by atoms with van der Waals surface area (Å²) < 4.78 is 0. The van der Waals surface area contributed by atoms with Crippen LogP contribution in [0.2, 0.25) is 0 Å². The first kappa shape index (κ1) is 17.5. The highest BCUT2D eigenvalue weighted by Crippen LogP contribution is 2.20. The van der Waals surface area contributed by atoms with Crippen LogP contribution in [0.25, 0.3) is 0 Å². The van der Waals surface area contributed by atoms with Gasteiger partial charge in [0, 0.05) is 36.6 Å². The Morgan fingerprint density at radius 2 is 1.88 bits per heavy atom. The van der Waals surface area contributed by atoms with E-state index in [0.717, 1.165) is 16.9 Å². The van der Waals surface area contributed by atoms with Gasteiger partial charge < -0.3 is 10.2 Å². The fraction of sp³-hybridized carbons (Fsp3) is 0.278. The van der Waals surface area contributed by atoms with Crippen LogP contribution in [0.3, 0.4) is 0 Å². The van der Waals surface area contributed by atoms with Crippen molar-refractivity contribution in [1.29, 1.82) is 0 Å². The van der Waals surface area contributed by atoms with Gasteiger partial charge in [-0.3, -0.25) is 14.9 Å². The minimum absolute atomic E-state index is 0.0172. The fourth-order valence-corrected chi connectivity index (χ4v) is 2.23. The van der Waals surface area contributed by atoms with Crippen LogP contribution in [0.1, 0.15) is 19.4 Å². The zero-order chi connectivity index (χ0) is 17.7. The van der Waals surface area contributed by atoms with Gasteiger partial charge in [0.25, 0.3) is 5.69 Å². The summed E-state index contributed by atoms with van der Waals surface area (Å²) in [4.78, 5) is 24.4. The van der Waals surface area contributed by atoms with Gasteiger partial charge in [0.05, 0.1) is 11.3 Å². The van der Waals surface area contributed by atoms with E-state index in [1.165, 1.54) is 12.1 Å². The number of hydrogen-bond acceptors (Lipinski definition) is 4. The highest BCUT2D eigenvalue weighted by Gasteiger charge is 2.09. The first-order valence-corrected chi connectivity index (χ1v) is 7.73. The van der Waals surface area contributed by atoms with Crippen molar-refractivity contribution in [2.24, 2.45) is 0 Å². The van der Waals surface area contributed by atoms with Crippen LogP contribution in [-0.2, 0) is 11.2 Å². The van der Waals surface area contributed by atoms with E-state index < -0.39 is 4.92 Å². The number of carbonyl (C=O) groups excluding carboxylic acids is 1. The fourth-order valence-electron chi connectivity index (χ4n) is 2.23. The van der Waals surface area contributed by atoms with Gasteiger partial charge in [0.1, 0.15) is 0 Å². The number of nitro benzene ring substituents is 1. The molecule has 2 aromatic rings. The lowest BCUT2D eigenvalue weighted by molar-refractivity contribution is -0.384. The topological polar surface area (TPSA) is 75.5 Å². The lowest BCUT2D eigenvalue weighted by Gasteiger charge is -2.24. The minimum atomic E-state index is -0.458. The molecule has 0 aromatic heterocycles. The molecule has 24 heavy (non-hydrogen) atoms. The number of hydrogen-bond donors (Lipinski definition) is 1. The van der Waals surface area contributed by atoms with Crippen molar-refractivity contribution < 1.29 is 9.72 Å². The number of nitrogens with zero attached hydrogens (tertiary/aromatic N) is 2. The number of carbonyl (C=O) groups is 1. The maximum absolute atomic E-state index is 12.2. The molecule has 0 heterocycles. The Labute approximate surface area is 141 Å². The molecule has 0 bridgehead atoms. The van der Waals surface area contributed by atoms with Crippen molar-refractivity contribution in [2.45, 2.75) is 26.3 Å². The summed E-state index contributed by atoms with van der Waals surface area (Å²) in [6.45, 7) is 4.19. The van der Waals surface area contributed by atoms with E-state index in [0.29, 0.717) is 6.04 Å². The molecule has 0 radical (unpaired) electrons. The van der Waals surface area contributed by atoms with Crippen molar-refractivity contribution in [2.75, 3.05) is 17.3 Å². The molecule has 2 aromatic carbocycles. The van der Waals surface area contributed by atoms with Crippen LogP contribution in [0.5, 0.6) is 0 Å². The van der Waals surface area contributed by atoms with Gasteiger partial charge in [0.2, 0.25) is 5.91 Å². The molecule has 0 aliphatic carbocycles. The largest absolute Gasteiger partial charge is 0.372 e. The van der Waals surface area contributed by atoms with E-state index in [9.17, 15) is 14.9 Å². The molecule has 1 N–H and O–H groups in total. The van der Waals surface area contributed by atoms with Crippen LogP contribution in [0, 0.1) is 10.1 Å². The zero-order valence-electron chi connectivity index (χ0n) is 14.0. The van der Waals surface area contributed by atoms with Crippen molar-refractivity contribution in [1.82, 2.24) is 0 Å². The molecule has 0 spiro atoms. The van der Waals surface area contributed by atoms with E-state index in [1.807, 2.05) is 31.3 Å². The Kier molecular flexibility index (Phi) is 5.52. The Morgan fingerprint density at radius 3 is 2.46 bits per heavy atom. The maximum Gasteiger partial charge on any atom is 0.269 e. The van der Waals surface area contributed by atoms with E-state index in [4.69, 9.17) is 0 Å². The molecular formula is C18H21N3O3. The molecule has 126 valence electrons. The number of amides is 1.